The van der Waals surface area contributed by atoms with E-state index in [2.05, 4.69) is 10.3 Å². The van der Waals surface area contributed by atoms with Crippen molar-refractivity contribution in [3.63, 3.8) is 0 Å². The number of carbonyl (C=O) groups excluding carboxylic acids is 3. The van der Waals surface area contributed by atoms with Gasteiger partial charge in [-0.2, -0.15) is 0 Å². The number of ether oxygens (including phenoxy) is 1. The molecule has 23 heavy (non-hydrogen) atoms. The molecule has 8 heteroatoms. The number of aromatic nitrogens is 1. The first-order valence-corrected chi connectivity index (χ1v) is 7.80. The van der Waals surface area contributed by atoms with E-state index in [1.807, 2.05) is 0 Å². The van der Waals surface area contributed by atoms with Crippen LogP contribution in [0, 0.1) is 0 Å². The molecule has 0 saturated heterocycles. The number of esters is 1. The number of hydrogen-bond donors (Lipinski definition) is 1. The van der Waals surface area contributed by atoms with Gasteiger partial charge >= 0.3 is 5.97 Å². The fourth-order valence-electron chi connectivity index (χ4n) is 1.59. The molecule has 0 fully saturated rings. The lowest BCUT2D eigenvalue weighted by atomic mass is 10.3. The fraction of sp³-hybridized carbons (Fsp3) is 0.200. The molecule has 6 nitrogen and oxygen atoms in total. The van der Waals surface area contributed by atoms with Crippen LogP contribution in [0.2, 0.25) is 5.02 Å². The number of pyridine rings is 1. The number of carbonyl (C=O) groups is 3. The van der Waals surface area contributed by atoms with Gasteiger partial charge in [0.1, 0.15) is 10.7 Å². The van der Waals surface area contributed by atoms with Crippen LogP contribution in [0.5, 0.6) is 0 Å². The van der Waals surface area contributed by atoms with Gasteiger partial charge in [-0.3, -0.25) is 9.59 Å². The number of halogens is 1. The van der Waals surface area contributed by atoms with Gasteiger partial charge in [0.05, 0.1) is 9.90 Å². The van der Waals surface area contributed by atoms with E-state index in [4.69, 9.17) is 16.3 Å². The Morgan fingerprint density at radius 3 is 2.48 bits per heavy atom. The van der Waals surface area contributed by atoms with Crippen molar-refractivity contribution in [3.8, 4) is 0 Å². The first-order valence-electron chi connectivity index (χ1n) is 6.61. The summed E-state index contributed by atoms with van der Waals surface area (Å²) in [4.78, 5) is 39.8. The molecule has 0 aromatic carbocycles. The van der Waals surface area contributed by atoms with Crippen LogP contribution in [0.3, 0.4) is 0 Å². The lowest BCUT2D eigenvalue weighted by Crippen LogP contribution is -2.30. The molecule has 0 bridgehead atoms. The van der Waals surface area contributed by atoms with Crippen molar-refractivity contribution in [1.82, 2.24) is 4.98 Å². The number of thiophene rings is 1. The van der Waals surface area contributed by atoms with Gasteiger partial charge in [-0.25, -0.2) is 9.78 Å². The topological polar surface area (TPSA) is 85.4 Å². The summed E-state index contributed by atoms with van der Waals surface area (Å²) in [6.45, 7) is 2.86. The first-order chi connectivity index (χ1) is 10.9. The lowest BCUT2D eigenvalue weighted by Gasteiger charge is -2.12. The van der Waals surface area contributed by atoms with Crippen LogP contribution < -0.4 is 5.32 Å². The van der Waals surface area contributed by atoms with Gasteiger partial charge in [0.25, 0.3) is 5.91 Å². The van der Waals surface area contributed by atoms with Gasteiger partial charge in [-0.15, -0.1) is 11.3 Å². The Labute approximate surface area is 141 Å². The van der Waals surface area contributed by atoms with E-state index in [0.717, 1.165) is 11.3 Å². The highest BCUT2D eigenvalue weighted by Crippen LogP contribution is 2.18. The Kier molecular flexibility index (Phi) is 5.46. The highest BCUT2D eigenvalue weighted by atomic mass is 35.5. The average Bonchev–Trinajstić information content (AvgIpc) is 2.99. The number of anilines is 1. The predicted octanol–water partition coefficient (Wildman–Crippen LogP) is 3.18. The van der Waals surface area contributed by atoms with Crippen LogP contribution in [-0.2, 0) is 9.53 Å². The molecule has 0 aliphatic rings. The summed E-state index contributed by atoms with van der Waals surface area (Å²) < 4.78 is 5.08. The molecule has 1 atom stereocenters. The van der Waals surface area contributed by atoms with Gasteiger partial charge < -0.3 is 10.1 Å². The van der Waals surface area contributed by atoms with Gasteiger partial charge in [-0.05, 0) is 38.1 Å². The second-order valence-electron chi connectivity index (χ2n) is 4.62. The molecule has 2 rings (SSSR count). The number of nitrogens with zero attached hydrogens (tertiary/aromatic N) is 1. The molecular weight excluding hydrogens is 340 g/mol. The second-order valence-corrected chi connectivity index (χ2v) is 6.14. The van der Waals surface area contributed by atoms with Crippen molar-refractivity contribution in [2.24, 2.45) is 0 Å². The standard InChI is InChI=1S/C15H13ClN2O4S/c1-8(19)11-4-5-12(23-11)15(21)22-9(2)14(20)18-13-6-3-10(16)7-17-13/h3-7,9H,1-2H3,(H,17,18,20). The molecule has 0 saturated carbocycles. The van der Waals surface area contributed by atoms with Crippen LogP contribution in [0.25, 0.3) is 0 Å². The molecule has 1 unspecified atom stereocenters. The molecule has 1 N–H and O–H groups in total. The normalized spacial score (nSPS) is 11.6. The molecular formula is C15H13ClN2O4S. The monoisotopic (exact) mass is 352 g/mol. The maximum Gasteiger partial charge on any atom is 0.349 e. The van der Waals surface area contributed by atoms with Crippen LogP contribution >= 0.6 is 22.9 Å². The van der Waals surface area contributed by atoms with Crippen molar-refractivity contribution in [2.45, 2.75) is 20.0 Å². The molecule has 1 amide bonds. The Bertz CT molecular complexity index is 742. The highest BCUT2D eigenvalue weighted by molar-refractivity contribution is 7.15. The number of ketones is 1. The van der Waals surface area contributed by atoms with E-state index in [9.17, 15) is 14.4 Å². The third kappa shape index (κ3) is 4.61. The van der Waals surface area contributed by atoms with Gasteiger partial charge in [0, 0.05) is 6.20 Å². The van der Waals surface area contributed by atoms with E-state index < -0.39 is 18.0 Å². The number of hydrogen-bond acceptors (Lipinski definition) is 6. The maximum atomic E-state index is 12.0. The van der Waals surface area contributed by atoms with Crippen LogP contribution in [-0.4, -0.2) is 28.7 Å². The van der Waals surface area contributed by atoms with E-state index in [-0.39, 0.29) is 10.7 Å². The quantitative estimate of drug-likeness (QED) is 0.659. The van der Waals surface area contributed by atoms with E-state index in [1.165, 1.54) is 32.2 Å². The molecule has 2 heterocycles. The smallest absolute Gasteiger partial charge is 0.349 e. The van der Waals surface area contributed by atoms with Gasteiger partial charge in [0.2, 0.25) is 0 Å². The third-order valence-corrected chi connectivity index (χ3v) is 4.18. The fourth-order valence-corrected chi connectivity index (χ4v) is 2.48. The number of nitrogens with one attached hydrogen (secondary N) is 1. The summed E-state index contributed by atoms with van der Waals surface area (Å²) in [5.41, 5.74) is 0. The van der Waals surface area contributed by atoms with Crippen molar-refractivity contribution in [1.29, 1.82) is 0 Å². The van der Waals surface area contributed by atoms with Crippen molar-refractivity contribution in [3.05, 3.63) is 45.2 Å². The predicted molar refractivity (Wildman–Crippen MR) is 87.1 cm³/mol. The Hall–Kier alpha value is -2.25. The summed E-state index contributed by atoms with van der Waals surface area (Å²) in [5.74, 6) is -1.00. The molecule has 0 spiro atoms. The zero-order valence-electron chi connectivity index (χ0n) is 12.3. The summed E-state index contributed by atoms with van der Waals surface area (Å²) in [6.07, 6.45) is 0.380. The minimum absolute atomic E-state index is 0.131. The molecule has 120 valence electrons. The van der Waals surface area contributed by atoms with Crippen molar-refractivity contribution >= 4 is 46.4 Å². The van der Waals surface area contributed by atoms with Crippen molar-refractivity contribution < 1.29 is 19.1 Å². The molecule has 0 aliphatic heterocycles. The zero-order valence-corrected chi connectivity index (χ0v) is 13.9. The number of rotatable bonds is 5. The first kappa shape index (κ1) is 17.1. The third-order valence-electron chi connectivity index (χ3n) is 2.79. The van der Waals surface area contributed by atoms with E-state index in [1.54, 1.807) is 12.1 Å². The molecule has 2 aromatic rings. The van der Waals surface area contributed by atoms with Crippen LogP contribution in [0.15, 0.2) is 30.5 Å². The largest absolute Gasteiger partial charge is 0.448 e. The van der Waals surface area contributed by atoms with Crippen LogP contribution in [0.4, 0.5) is 5.82 Å². The second kappa shape index (κ2) is 7.34. The summed E-state index contributed by atoms with van der Waals surface area (Å²) >= 11 is 6.73. The molecule has 0 aliphatic carbocycles. The van der Waals surface area contributed by atoms with Crippen LogP contribution in [0.1, 0.15) is 33.2 Å². The zero-order chi connectivity index (χ0) is 17.0. The van der Waals surface area contributed by atoms with Gasteiger partial charge in [-0.1, -0.05) is 11.6 Å². The minimum atomic E-state index is -1.01. The number of amides is 1. The average molecular weight is 353 g/mol. The van der Waals surface area contributed by atoms with E-state index >= 15 is 0 Å². The summed E-state index contributed by atoms with van der Waals surface area (Å²) in [7, 11) is 0. The Morgan fingerprint density at radius 1 is 1.22 bits per heavy atom. The highest BCUT2D eigenvalue weighted by Gasteiger charge is 2.21. The number of Topliss-reactive ketones (excluding diaryl/α,β-unsaturated/α-hetero) is 1. The summed E-state index contributed by atoms with van der Waals surface area (Å²) in [5, 5.41) is 2.96. The Balaban J connectivity index is 1.95. The SMILES string of the molecule is CC(=O)c1ccc(C(=O)OC(C)C(=O)Nc2ccc(Cl)cn2)s1. The lowest BCUT2D eigenvalue weighted by molar-refractivity contribution is -0.123. The molecule has 2 aromatic heterocycles. The summed E-state index contributed by atoms with van der Waals surface area (Å²) in [6, 6.07) is 6.16. The molecule has 0 radical (unpaired) electrons. The van der Waals surface area contributed by atoms with Gasteiger partial charge in [0.15, 0.2) is 11.9 Å². The van der Waals surface area contributed by atoms with Crippen molar-refractivity contribution in [2.75, 3.05) is 5.32 Å². The Morgan fingerprint density at radius 2 is 1.91 bits per heavy atom. The maximum absolute atomic E-state index is 12.0. The van der Waals surface area contributed by atoms with E-state index in [0.29, 0.717) is 15.7 Å². The minimum Gasteiger partial charge on any atom is -0.448 e.